The molecule has 2 aromatic rings. The van der Waals surface area contributed by atoms with E-state index in [1.54, 1.807) is 0 Å². The normalized spacial score (nSPS) is 21.1. The Balaban J connectivity index is 1.76. The van der Waals surface area contributed by atoms with E-state index in [-0.39, 0.29) is 5.38 Å². The van der Waals surface area contributed by atoms with Crippen molar-refractivity contribution in [2.45, 2.75) is 83.1 Å². The molecule has 33 heavy (non-hydrogen) atoms. The Morgan fingerprint density at radius 2 is 1.55 bits per heavy atom. The number of halogens is 1. The molecule has 2 aromatic carbocycles. The lowest BCUT2D eigenvalue weighted by molar-refractivity contribution is -0.0219. The van der Waals surface area contributed by atoms with Crippen LogP contribution in [0.15, 0.2) is 72.8 Å². The number of hydrogen-bond acceptors (Lipinski definition) is 1. The van der Waals surface area contributed by atoms with Crippen LogP contribution in [-0.4, -0.2) is 17.6 Å². The summed E-state index contributed by atoms with van der Waals surface area (Å²) in [6.07, 6.45) is 16.4. The number of benzene rings is 2. The van der Waals surface area contributed by atoms with E-state index in [1.807, 2.05) is 0 Å². The third-order valence-corrected chi connectivity index (χ3v) is 7.39. The molecular weight excluding hydrogens is 424 g/mol. The van der Waals surface area contributed by atoms with Crippen LogP contribution in [0.2, 0.25) is 0 Å². The Labute approximate surface area is 206 Å². The second-order valence-corrected chi connectivity index (χ2v) is 10.0. The van der Waals surface area contributed by atoms with Gasteiger partial charge in [-0.05, 0) is 41.0 Å². The molecule has 3 rings (SSSR count). The predicted octanol–water partition coefficient (Wildman–Crippen LogP) is 9.47. The third-order valence-electron chi connectivity index (χ3n) is 6.89. The van der Waals surface area contributed by atoms with Crippen molar-refractivity contribution in [1.29, 1.82) is 0 Å². The van der Waals surface area contributed by atoms with E-state index < -0.39 is 5.60 Å². The lowest BCUT2D eigenvalue weighted by atomic mass is 9.81. The quantitative estimate of drug-likeness (QED) is 0.212. The van der Waals surface area contributed by atoms with Crippen LogP contribution in [0.3, 0.4) is 0 Å². The van der Waals surface area contributed by atoms with Gasteiger partial charge < -0.3 is 4.74 Å². The standard InChI is InChI=1S/C31H41ClO/c1-4-6-7-8-9-15-22-33-31(24-25(3)5-2)21-20-27(23-30(31)32)29-19-14-13-18-28(29)26-16-11-10-12-17-26/h10-14,16-21,23,25,30H,4-9,15,22,24H2,1-3H3. The Kier molecular flexibility index (Phi) is 10.3. The first-order chi connectivity index (χ1) is 16.1. The van der Waals surface area contributed by atoms with Crippen molar-refractivity contribution in [2.75, 3.05) is 6.61 Å². The first-order valence-electron chi connectivity index (χ1n) is 12.9. The molecule has 0 aromatic heterocycles. The molecule has 0 heterocycles. The average Bonchev–Trinajstić information content (AvgIpc) is 2.85. The van der Waals surface area contributed by atoms with Gasteiger partial charge in [-0.25, -0.2) is 0 Å². The molecule has 0 fully saturated rings. The highest BCUT2D eigenvalue weighted by Crippen LogP contribution is 2.40. The Morgan fingerprint density at radius 3 is 2.24 bits per heavy atom. The maximum Gasteiger partial charge on any atom is 0.107 e. The van der Waals surface area contributed by atoms with Crippen molar-refractivity contribution in [1.82, 2.24) is 0 Å². The molecule has 0 amide bonds. The number of unbranched alkanes of at least 4 members (excludes halogenated alkanes) is 5. The second-order valence-electron chi connectivity index (χ2n) is 9.56. The van der Waals surface area contributed by atoms with Crippen molar-refractivity contribution in [3.8, 4) is 11.1 Å². The monoisotopic (exact) mass is 464 g/mol. The summed E-state index contributed by atoms with van der Waals surface area (Å²) in [7, 11) is 0. The molecule has 0 bridgehead atoms. The fourth-order valence-corrected chi connectivity index (χ4v) is 5.02. The van der Waals surface area contributed by atoms with Crippen molar-refractivity contribution >= 4 is 17.2 Å². The molecule has 1 aliphatic carbocycles. The molecule has 178 valence electrons. The third kappa shape index (κ3) is 7.08. The highest BCUT2D eigenvalue weighted by molar-refractivity contribution is 6.23. The van der Waals surface area contributed by atoms with Gasteiger partial charge in [-0.15, -0.1) is 11.6 Å². The van der Waals surface area contributed by atoms with Crippen LogP contribution in [0, 0.1) is 5.92 Å². The van der Waals surface area contributed by atoms with Crippen LogP contribution in [0.1, 0.15) is 77.7 Å². The summed E-state index contributed by atoms with van der Waals surface area (Å²) in [6.45, 7) is 7.59. The zero-order chi connectivity index (χ0) is 23.5. The summed E-state index contributed by atoms with van der Waals surface area (Å²) in [5.74, 6) is 0.562. The molecule has 0 N–H and O–H groups in total. The van der Waals surface area contributed by atoms with Gasteiger partial charge in [0.25, 0.3) is 0 Å². The number of hydrogen-bond donors (Lipinski definition) is 0. The molecule has 0 saturated carbocycles. The van der Waals surface area contributed by atoms with Gasteiger partial charge in [0.05, 0.1) is 5.38 Å². The van der Waals surface area contributed by atoms with Gasteiger partial charge in [0.2, 0.25) is 0 Å². The summed E-state index contributed by atoms with van der Waals surface area (Å²) >= 11 is 7.11. The zero-order valence-electron chi connectivity index (χ0n) is 20.7. The van der Waals surface area contributed by atoms with E-state index in [1.165, 1.54) is 54.4 Å². The van der Waals surface area contributed by atoms with E-state index in [0.29, 0.717) is 5.92 Å². The molecule has 0 aliphatic heterocycles. The SMILES string of the molecule is CCCCCCCCOC1(CC(C)CC)C=CC(c2ccccc2-c2ccccc2)=CC1Cl. The van der Waals surface area contributed by atoms with E-state index >= 15 is 0 Å². The van der Waals surface area contributed by atoms with Crippen molar-refractivity contribution in [3.63, 3.8) is 0 Å². The minimum atomic E-state index is -0.425. The lowest BCUT2D eigenvalue weighted by Gasteiger charge is -2.38. The van der Waals surface area contributed by atoms with Gasteiger partial charge in [-0.1, -0.05) is 132 Å². The molecule has 0 radical (unpaired) electrons. The lowest BCUT2D eigenvalue weighted by Crippen LogP contribution is -2.42. The molecular formula is C31H41ClO. The highest BCUT2D eigenvalue weighted by Gasteiger charge is 2.38. The summed E-state index contributed by atoms with van der Waals surface area (Å²) in [4.78, 5) is 0. The fourth-order valence-electron chi connectivity index (χ4n) is 4.66. The van der Waals surface area contributed by atoms with Gasteiger partial charge in [-0.3, -0.25) is 0 Å². The molecule has 1 nitrogen and oxygen atoms in total. The van der Waals surface area contributed by atoms with Crippen LogP contribution in [0.5, 0.6) is 0 Å². The number of rotatable bonds is 13. The largest absolute Gasteiger partial charge is 0.369 e. The zero-order valence-corrected chi connectivity index (χ0v) is 21.5. The Bertz CT molecular complexity index is 900. The van der Waals surface area contributed by atoms with Crippen LogP contribution < -0.4 is 0 Å². The Hall–Kier alpha value is -1.83. The van der Waals surface area contributed by atoms with Crippen molar-refractivity contribution in [3.05, 3.63) is 78.4 Å². The minimum Gasteiger partial charge on any atom is -0.369 e. The van der Waals surface area contributed by atoms with Crippen LogP contribution in [0.4, 0.5) is 0 Å². The first-order valence-corrected chi connectivity index (χ1v) is 13.4. The summed E-state index contributed by atoms with van der Waals surface area (Å²) in [5, 5.41) is -0.185. The smallest absolute Gasteiger partial charge is 0.107 e. The number of ether oxygens (including phenoxy) is 1. The van der Waals surface area contributed by atoms with E-state index in [2.05, 4.69) is 93.6 Å². The molecule has 0 spiro atoms. The van der Waals surface area contributed by atoms with Gasteiger partial charge in [0.15, 0.2) is 0 Å². The number of alkyl halides is 1. The topological polar surface area (TPSA) is 9.23 Å². The first kappa shape index (κ1) is 25.8. The maximum atomic E-state index is 7.11. The molecule has 2 heteroatoms. The maximum absolute atomic E-state index is 7.11. The highest BCUT2D eigenvalue weighted by atomic mass is 35.5. The van der Waals surface area contributed by atoms with Crippen LogP contribution >= 0.6 is 11.6 Å². The predicted molar refractivity (Wildman–Crippen MR) is 145 cm³/mol. The van der Waals surface area contributed by atoms with Gasteiger partial charge in [0.1, 0.15) is 5.60 Å². The van der Waals surface area contributed by atoms with E-state index in [0.717, 1.165) is 25.9 Å². The molecule has 3 unspecified atom stereocenters. The Morgan fingerprint density at radius 1 is 0.879 bits per heavy atom. The second kappa shape index (κ2) is 13.2. The number of allylic oxidation sites excluding steroid dienone is 2. The fraction of sp³-hybridized carbons (Fsp3) is 0.484. The van der Waals surface area contributed by atoms with Gasteiger partial charge in [0, 0.05) is 6.61 Å². The minimum absolute atomic E-state index is 0.185. The van der Waals surface area contributed by atoms with E-state index in [4.69, 9.17) is 16.3 Å². The van der Waals surface area contributed by atoms with Crippen LogP contribution in [-0.2, 0) is 4.74 Å². The van der Waals surface area contributed by atoms with Crippen molar-refractivity contribution in [2.24, 2.45) is 5.92 Å². The van der Waals surface area contributed by atoms with E-state index in [9.17, 15) is 0 Å². The average molecular weight is 465 g/mol. The van der Waals surface area contributed by atoms with Crippen LogP contribution in [0.25, 0.3) is 16.7 Å². The summed E-state index contributed by atoms with van der Waals surface area (Å²) in [6, 6.07) is 19.2. The summed E-state index contributed by atoms with van der Waals surface area (Å²) in [5.41, 5.74) is 4.44. The molecule has 1 aliphatic rings. The van der Waals surface area contributed by atoms with Crippen molar-refractivity contribution < 1.29 is 4.74 Å². The molecule has 0 saturated heterocycles. The van der Waals surface area contributed by atoms with Gasteiger partial charge >= 0.3 is 0 Å². The molecule has 3 atom stereocenters. The van der Waals surface area contributed by atoms with Gasteiger partial charge in [-0.2, -0.15) is 0 Å². The summed E-state index contributed by atoms with van der Waals surface area (Å²) < 4.78 is 6.60.